The standard InChI is InChI=1S/C20H23N3O2/c1-2-6-17(21)19(24)22-16-9-5-8-15(13-16)20(25)23-12-11-14-7-3-4-10-18(14)23/h3-5,7-10,13,17H,2,6,11-12,21H2,1H3,(H,22,24). The second-order valence-corrected chi connectivity index (χ2v) is 6.30. The fraction of sp³-hybridized carbons (Fsp3) is 0.300. The van der Waals surface area contributed by atoms with Crippen molar-refractivity contribution in [3.8, 4) is 0 Å². The molecule has 130 valence electrons. The van der Waals surface area contributed by atoms with Gasteiger partial charge in [-0.2, -0.15) is 0 Å². The van der Waals surface area contributed by atoms with Gasteiger partial charge in [-0.1, -0.05) is 37.6 Å². The molecule has 0 bridgehead atoms. The van der Waals surface area contributed by atoms with Gasteiger partial charge in [0, 0.05) is 23.5 Å². The molecule has 1 atom stereocenters. The van der Waals surface area contributed by atoms with Gasteiger partial charge < -0.3 is 16.0 Å². The van der Waals surface area contributed by atoms with Gasteiger partial charge in [0.05, 0.1) is 6.04 Å². The number of hydrogen-bond acceptors (Lipinski definition) is 3. The Morgan fingerprint density at radius 2 is 2.00 bits per heavy atom. The Labute approximate surface area is 147 Å². The molecule has 1 unspecified atom stereocenters. The number of nitrogens with one attached hydrogen (secondary N) is 1. The average Bonchev–Trinajstić information content (AvgIpc) is 3.05. The van der Waals surface area contributed by atoms with Crippen LogP contribution in [-0.4, -0.2) is 24.4 Å². The van der Waals surface area contributed by atoms with Crippen LogP contribution in [0.2, 0.25) is 0 Å². The molecule has 0 fully saturated rings. The van der Waals surface area contributed by atoms with Crippen LogP contribution in [0.1, 0.15) is 35.7 Å². The van der Waals surface area contributed by atoms with Crippen LogP contribution in [0, 0.1) is 0 Å². The highest BCUT2D eigenvalue weighted by molar-refractivity contribution is 6.08. The third kappa shape index (κ3) is 3.72. The largest absolute Gasteiger partial charge is 0.325 e. The van der Waals surface area contributed by atoms with Crippen molar-refractivity contribution in [2.24, 2.45) is 5.73 Å². The number of benzene rings is 2. The summed E-state index contributed by atoms with van der Waals surface area (Å²) in [5.74, 6) is -0.281. The number of amides is 2. The van der Waals surface area contributed by atoms with E-state index in [0.717, 1.165) is 18.5 Å². The lowest BCUT2D eigenvalue weighted by Gasteiger charge is -2.18. The van der Waals surface area contributed by atoms with Crippen molar-refractivity contribution >= 4 is 23.2 Å². The molecule has 1 aliphatic rings. The van der Waals surface area contributed by atoms with E-state index in [0.29, 0.717) is 24.2 Å². The van der Waals surface area contributed by atoms with E-state index >= 15 is 0 Å². The van der Waals surface area contributed by atoms with Crippen LogP contribution >= 0.6 is 0 Å². The molecule has 1 heterocycles. The Hall–Kier alpha value is -2.66. The Bertz CT molecular complexity index is 788. The fourth-order valence-corrected chi connectivity index (χ4v) is 3.11. The van der Waals surface area contributed by atoms with Gasteiger partial charge in [0.1, 0.15) is 0 Å². The first-order chi connectivity index (χ1) is 12.1. The molecule has 0 radical (unpaired) electrons. The summed E-state index contributed by atoms with van der Waals surface area (Å²) in [7, 11) is 0. The molecule has 2 aromatic rings. The number of carbonyl (C=O) groups is 2. The van der Waals surface area contributed by atoms with E-state index in [1.54, 1.807) is 29.2 Å². The molecule has 0 saturated carbocycles. The summed E-state index contributed by atoms with van der Waals surface area (Å²) in [6.45, 7) is 2.66. The molecule has 2 amide bonds. The molecule has 2 aromatic carbocycles. The monoisotopic (exact) mass is 337 g/mol. The van der Waals surface area contributed by atoms with Crippen LogP contribution < -0.4 is 16.0 Å². The lowest BCUT2D eigenvalue weighted by atomic mass is 10.1. The van der Waals surface area contributed by atoms with E-state index in [-0.39, 0.29) is 11.8 Å². The number of fused-ring (bicyclic) bond motifs is 1. The highest BCUT2D eigenvalue weighted by atomic mass is 16.2. The summed E-state index contributed by atoms with van der Waals surface area (Å²) in [6.07, 6.45) is 2.35. The Balaban J connectivity index is 1.76. The van der Waals surface area contributed by atoms with Crippen molar-refractivity contribution in [3.63, 3.8) is 0 Å². The lowest BCUT2D eigenvalue weighted by molar-refractivity contribution is -0.117. The predicted octanol–water partition coefficient (Wildman–Crippen LogP) is 2.96. The van der Waals surface area contributed by atoms with Crippen molar-refractivity contribution in [2.75, 3.05) is 16.8 Å². The number of rotatable bonds is 5. The summed E-state index contributed by atoms with van der Waals surface area (Å²) in [4.78, 5) is 26.7. The maximum atomic E-state index is 12.9. The number of carbonyl (C=O) groups excluding carboxylic acids is 2. The van der Waals surface area contributed by atoms with Gasteiger partial charge in [-0.25, -0.2) is 0 Å². The first-order valence-corrected chi connectivity index (χ1v) is 8.66. The molecule has 1 aliphatic heterocycles. The van der Waals surface area contributed by atoms with Crippen LogP contribution in [0.5, 0.6) is 0 Å². The highest BCUT2D eigenvalue weighted by Gasteiger charge is 2.25. The summed E-state index contributed by atoms with van der Waals surface area (Å²) in [5, 5.41) is 2.80. The van der Waals surface area contributed by atoms with Crippen molar-refractivity contribution < 1.29 is 9.59 Å². The molecule has 3 rings (SSSR count). The van der Waals surface area contributed by atoms with Crippen molar-refractivity contribution in [3.05, 3.63) is 59.7 Å². The van der Waals surface area contributed by atoms with Gasteiger partial charge in [0.2, 0.25) is 5.91 Å². The van der Waals surface area contributed by atoms with E-state index < -0.39 is 6.04 Å². The van der Waals surface area contributed by atoms with Gasteiger partial charge in [0.25, 0.3) is 5.91 Å². The molecular formula is C20H23N3O2. The first-order valence-electron chi connectivity index (χ1n) is 8.66. The third-order valence-electron chi connectivity index (χ3n) is 4.45. The molecule has 0 aromatic heterocycles. The van der Waals surface area contributed by atoms with Gasteiger partial charge in [-0.3, -0.25) is 9.59 Å². The van der Waals surface area contributed by atoms with Gasteiger partial charge in [0.15, 0.2) is 0 Å². The SMILES string of the molecule is CCCC(N)C(=O)Nc1cccc(C(=O)N2CCc3ccccc32)c1. The Kier molecular flexibility index (Phi) is 5.14. The quantitative estimate of drug-likeness (QED) is 0.881. The molecular weight excluding hydrogens is 314 g/mol. The van der Waals surface area contributed by atoms with E-state index in [4.69, 9.17) is 5.73 Å². The number of nitrogens with zero attached hydrogens (tertiary/aromatic N) is 1. The van der Waals surface area contributed by atoms with Crippen molar-refractivity contribution in [2.45, 2.75) is 32.2 Å². The summed E-state index contributed by atoms with van der Waals surface area (Å²) < 4.78 is 0. The van der Waals surface area contributed by atoms with Crippen LogP contribution in [0.25, 0.3) is 0 Å². The Morgan fingerprint density at radius 3 is 2.80 bits per heavy atom. The number of anilines is 2. The smallest absolute Gasteiger partial charge is 0.258 e. The van der Waals surface area contributed by atoms with E-state index in [2.05, 4.69) is 5.32 Å². The minimum absolute atomic E-state index is 0.0566. The maximum absolute atomic E-state index is 12.9. The lowest BCUT2D eigenvalue weighted by Crippen LogP contribution is -2.35. The number of nitrogens with two attached hydrogens (primary N) is 1. The second-order valence-electron chi connectivity index (χ2n) is 6.30. The van der Waals surface area contributed by atoms with Gasteiger partial charge in [-0.15, -0.1) is 0 Å². The highest BCUT2D eigenvalue weighted by Crippen LogP contribution is 2.29. The number of hydrogen-bond donors (Lipinski definition) is 2. The molecule has 0 aliphatic carbocycles. The van der Waals surface area contributed by atoms with E-state index in [9.17, 15) is 9.59 Å². The molecule has 3 N–H and O–H groups in total. The molecule has 25 heavy (non-hydrogen) atoms. The fourth-order valence-electron chi connectivity index (χ4n) is 3.11. The van der Waals surface area contributed by atoms with Crippen LogP contribution in [0.15, 0.2) is 48.5 Å². The van der Waals surface area contributed by atoms with Crippen LogP contribution in [0.4, 0.5) is 11.4 Å². The molecule has 5 heteroatoms. The van der Waals surface area contributed by atoms with E-state index in [1.165, 1.54) is 5.56 Å². The van der Waals surface area contributed by atoms with Crippen LogP contribution in [0.3, 0.4) is 0 Å². The minimum Gasteiger partial charge on any atom is -0.325 e. The second kappa shape index (κ2) is 7.49. The van der Waals surface area contributed by atoms with E-state index in [1.807, 2.05) is 31.2 Å². The Morgan fingerprint density at radius 1 is 1.20 bits per heavy atom. The normalized spacial score (nSPS) is 14.1. The minimum atomic E-state index is -0.533. The first kappa shape index (κ1) is 17.2. The molecule has 0 spiro atoms. The van der Waals surface area contributed by atoms with Crippen molar-refractivity contribution in [1.29, 1.82) is 0 Å². The molecule has 5 nitrogen and oxygen atoms in total. The zero-order valence-electron chi connectivity index (χ0n) is 14.4. The van der Waals surface area contributed by atoms with Gasteiger partial charge in [-0.05, 0) is 42.7 Å². The summed E-state index contributed by atoms with van der Waals surface area (Å²) >= 11 is 0. The van der Waals surface area contributed by atoms with Crippen molar-refractivity contribution in [1.82, 2.24) is 0 Å². The number of para-hydroxylation sites is 1. The third-order valence-corrected chi connectivity index (χ3v) is 4.45. The topological polar surface area (TPSA) is 75.4 Å². The summed E-state index contributed by atoms with van der Waals surface area (Å²) in [5.41, 5.74) is 9.14. The predicted molar refractivity (Wildman–Crippen MR) is 99.8 cm³/mol. The van der Waals surface area contributed by atoms with Crippen LogP contribution in [-0.2, 0) is 11.2 Å². The summed E-state index contributed by atoms with van der Waals surface area (Å²) in [6, 6.07) is 14.4. The zero-order chi connectivity index (χ0) is 17.8. The maximum Gasteiger partial charge on any atom is 0.258 e. The van der Waals surface area contributed by atoms with Gasteiger partial charge >= 0.3 is 0 Å². The average molecular weight is 337 g/mol. The zero-order valence-corrected chi connectivity index (χ0v) is 14.4. The molecule has 0 saturated heterocycles.